The van der Waals surface area contributed by atoms with Crippen LogP contribution in [0.2, 0.25) is 31.9 Å². The highest BCUT2D eigenvalue weighted by Crippen LogP contribution is 2.65. The normalized spacial score (nSPS) is 42.1. The van der Waals surface area contributed by atoms with E-state index in [2.05, 4.69) is 26.2 Å². The molecule has 0 spiro atoms. The first kappa shape index (κ1) is 33.7. The van der Waals surface area contributed by atoms with Crippen LogP contribution in [0.15, 0.2) is 41.5 Å². The number of hydrogen-bond acceptors (Lipinski definition) is 10. The second kappa shape index (κ2) is 10.7. The molecule has 1 aromatic rings. The van der Waals surface area contributed by atoms with Crippen LogP contribution in [0.4, 0.5) is 0 Å². The van der Waals surface area contributed by atoms with Crippen molar-refractivity contribution in [3.8, 4) is 0 Å². The van der Waals surface area contributed by atoms with E-state index < -0.39 is 87.0 Å². The van der Waals surface area contributed by atoms with Crippen molar-refractivity contribution in [1.29, 1.82) is 0 Å². The summed E-state index contributed by atoms with van der Waals surface area (Å²) in [6.45, 7) is 16.9. The molecule has 2 saturated carbocycles. The molecule has 10 nitrogen and oxygen atoms in total. The zero-order valence-corrected chi connectivity index (χ0v) is 30.3. The fourth-order valence-electron chi connectivity index (χ4n) is 9.70. The smallest absolute Gasteiger partial charge is 0.338 e. The summed E-state index contributed by atoms with van der Waals surface area (Å²) in [5, 5.41) is 24.9. The van der Waals surface area contributed by atoms with E-state index in [0.29, 0.717) is 16.8 Å². The van der Waals surface area contributed by atoms with Gasteiger partial charge in [0.15, 0.2) is 28.0 Å². The summed E-state index contributed by atoms with van der Waals surface area (Å²) >= 11 is 0. The number of fused-ring (bicyclic) bond motifs is 6. The minimum Gasteiger partial charge on any atom is -0.455 e. The number of hydrogen-bond donors (Lipinski definition) is 2. The minimum absolute atomic E-state index is 0.0513. The molecule has 4 bridgehead atoms. The Balaban J connectivity index is 1.70. The third kappa shape index (κ3) is 4.77. The van der Waals surface area contributed by atoms with Crippen LogP contribution >= 0.6 is 0 Å². The van der Waals surface area contributed by atoms with Crippen LogP contribution in [0, 0.1) is 16.7 Å². The number of esters is 2. The Hall–Kier alpha value is -2.20. The van der Waals surface area contributed by atoms with Gasteiger partial charge in [-0.2, -0.15) is 0 Å². The highest BCUT2D eigenvalue weighted by Gasteiger charge is 2.78. The van der Waals surface area contributed by atoms with Gasteiger partial charge < -0.3 is 33.3 Å². The molecule has 0 radical (unpaired) electrons. The molecule has 2 unspecified atom stereocenters. The van der Waals surface area contributed by atoms with Crippen LogP contribution in [0.25, 0.3) is 0 Å². The molecule has 5 aliphatic rings. The van der Waals surface area contributed by atoms with E-state index in [4.69, 9.17) is 23.1 Å². The standard InChI is InChI=1S/C34H48O10Si2/c1-19-22(36)16-34(39)29(41-30(38)21-13-11-10-12-14-21)27-32(5)23(15-24-33(27,17-40-24)42-20(2)35)43-45(6,7)18-46(8,9)44-26(28(32)37)25(19)31(34,3)4/h10-14,22-24,26-27,29,36,39H,15-18H2,1-9H3/t22-,23+,24-,26-,27?,29?,32-,33-,34-/m1/s1. The molecule has 1 aromatic carbocycles. The average Bonchev–Trinajstić information content (AvgIpc) is 2.95. The van der Waals surface area contributed by atoms with E-state index in [1.165, 1.54) is 6.92 Å². The fourth-order valence-corrected chi connectivity index (χ4v) is 20.5. The fraction of sp³-hybridized carbons (Fsp3) is 0.676. The highest BCUT2D eigenvalue weighted by atomic mass is 28.4. The first-order valence-electron chi connectivity index (χ1n) is 16.3. The van der Waals surface area contributed by atoms with E-state index in [1.807, 2.05) is 13.8 Å². The van der Waals surface area contributed by atoms with Gasteiger partial charge in [0.2, 0.25) is 0 Å². The predicted molar refractivity (Wildman–Crippen MR) is 173 cm³/mol. The largest absolute Gasteiger partial charge is 0.455 e. The van der Waals surface area contributed by atoms with Crippen molar-refractivity contribution in [2.45, 2.75) is 121 Å². The van der Waals surface area contributed by atoms with Crippen molar-refractivity contribution in [3.05, 3.63) is 47.0 Å². The molecule has 3 aliphatic carbocycles. The molecule has 9 atom stereocenters. The molecule has 2 aliphatic heterocycles. The lowest BCUT2D eigenvalue weighted by atomic mass is 9.44. The van der Waals surface area contributed by atoms with Crippen LogP contribution in [0.3, 0.4) is 0 Å². The number of aliphatic hydroxyl groups is 2. The number of aliphatic hydroxyl groups excluding tert-OH is 1. The van der Waals surface area contributed by atoms with Crippen LogP contribution in [-0.2, 0) is 32.7 Å². The van der Waals surface area contributed by atoms with Gasteiger partial charge in [0.1, 0.15) is 23.9 Å². The zero-order valence-electron chi connectivity index (χ0n) is 28.3. The maximum Gasteiger partial charge on any atom is 0.338 e. The van der Waals surface area contributed by atoms with Gasteiger partial charge in [0.25, 0.3) is 0 Å². The molecule has 2 N–H and O–H groups in total. The average molecular weight is 673 g/mol. The summed E-state index contributed by atoms with van der Waals surface area (Å²) in [7, 11) is -5.12. The number of rotatable bonds is 3. The van der Waals surface area contributed by atoms with Gasteiger partial charge >= 0.3 is 11.9 Å². The van der Waals surface area contributed by atoms with Crippen LogP contribution in [0.5, 0.6) is 0 Å². The number of benzene rings is 1. The summed E-state index contributed by atoms with van der Waals surface area (Å²) in [6.07, 6.45) is -4.94. The molecular weight excluding hydrogens is 625 g/mol. The molecule has 252 valence electrons. The van der Waals surface area contributed by atoms with E-state index in [1.54, 1.807) is 44.2 Å². The van der Waals surface area contributed by atoms with Gasteiger partial charge in [-0.1, -0.05) is 32.0 Å². The number of ketones is 1. The summed E-state index contributed by atoms with van der Waals surface area (Å²) in [4.78, 5) is 42.5. The van der Waals surface area contributed by atoms with Crippen molar-refractivity contribution in [1.82, 2.24) is 0 Å². The number of Topliss-reactive ketones (excluding diaryl/α,β-unsaturated/α-hetero) is 1. The summed E-state index contributed by atoms with van der Waals surface area (Å²) < 4.78 is 32.9. The Morgan fingerprint density at radius 3 is 2.22 bits per heavy atom. The maximum absolute atomic E-state index is 15.6. The van der Waals surface area contributed by atoms with E-state index in [-0.39, 0.29) is 30.8 Å². The highest BCUT2D eigenvalue weighted by molar-refractivity contribution is 6.89. The molecule has 46 heavy (non-hydrogen) atoms. The van der Waals surface area contributed by atoms with Crippen molar-refractivity contribution >= 4 is 34.4 Å². The van der Waals surface area contributed by atoms with E-state index in [9.17, 15) is 19.8 Å². The first-order valence-corrected chi connectivity index (χ1v) is 22.5. The summed E-state index contributed by atoms with van der Waals surface area (Å²) in [5.74, 6) is -2.67. The predicted octanol–water partition coefficient (Wildman–Crippen LogP) is 4.09. The Bertz CT molecular complexity index is 1490. The Morgan fingerprint density at radius 2 is 1.63 bits per heavy atom. The van der Waals surface area contributed by atoms with Gasteiger partial charge in [-0.15, -0.1) is 0 Å². The third-order valence-corrected chi connectivity index (χ3v) is 20.2. The lowest BCUT2D eigenvalue weighted by Crippen LogP contribution is -2.82. The number of carbonyl (C=O) groups is 3. The Labute approximate surface area is 273 Å². The van der Waals surface area contributed by atoms with E-state index in [0.717, 1.165) is 0 Å². The van der Waals surface area contributed by atoms with Gasteiger partial charge in [0.05, 0.1) is 35.7 Å². The first-order chi connectivity index (χ1) is 21.2. The third-order valence-electron chi connectivity index (χ3n) is 11.6. The lowest BCUT2D eigenvalue weighted by Gasteiger charge is -2.68. The van der Waals surface area contributed by atoms with Gasteiger partial charge in [0, 0.05) is 25.2 Å². The Kier molecular flexibility index (Phi) is 7.80. The SMILES string of the molecule is CC(=O)O[C@]12CO[C@@H]1C[C@@H]1O[Si](C)(C)C[Si](C)(C)O[C@H]3C(=O)[C@@]1(C)C2C(OC(=O)c1ccccc1)[C@]1(O)C[C@@H](O)C(C)=C3C1(C)C. The van der Waals surface area contributed by atoms with Crippen molar-refractivity contribution in [3.63, 3.8) is 0 Å². The summed E-state index contributed by atoms with van der Waals surface area (Å²) in [6, 6.07) is 8.45. The zero-order chi connectivity index (χ0) is 33.8. The van der Waals surface area contributed by atoms with Crippen molar-refractivity contribution < 1.29 is 47.7 Å². The van der Waals surface area contributed by atoms with Crippen molar-refractivity contribution in [2.24, 2.45) is 16.7 Å². The molecule has 6 rings (SSSR count). The van der Waals surface area contributed by atoms with Crippen LogP contribution < -0.4 is 0 Å². The number of carbonyl (C=O) groups excluding carboxylic acids is 3. The van der Waals surface area contributed by atoms with Crippen molar-refractivity contribution in [2.75, 3.05) is 6.61 Å². The molecule has 2 saturated heterocycles. The van der Waals surface area contributed by atoms with Gasteiger partial charge in [-0.05, 0) is 69.0 Å². The number of ether oxygens (including phenoxy) is 3. The van der Waals surface area contributed by atoms with Gasteiger partial charge in [-0.25, -0.2) is 4.79 Å². The lowest BCUT2D eigenvalue weighted by molar-refractivity contribution is -0.344. The second-order valence-corrected chi connectivity index (χ2v) is 25.0. The second-order valence-electron chi connectivity index (χ2n) is 16.1. The maximum atomic E-state index is 15.6. The van der Waals surface area contributed by atoms with E-state index >= 15 is 4.79 Å². The molecule has 12 heteroatoms. The Morgan fingerprint density at radius 1 is 1.00 bits per heavy atom. The molecule has 4 fully saturated rings. The molecule has 0 aromatic heterocycles. The monoisotopic (exact) mass is 672 g/mol. The van der Waals surface area contributed by atoms with Gasteiger partial charge in [-0.3, -0.25) is 9.59 Å². The molecular formula is C34H48O10Si2. The topological polar surface area (TPSA) is 138 Å². The quantitative estimate of drug-likeness (QED) is 0.274. The van der Waals surface area contributed by atoms with Crippen LogP contribution in [0.1, 0.15) is 57.8 Å². The molecule has 0 amide bonds. The van der Waals surface area contributed by atoms with Crippen LogP contribution in [-0.4, -0.2) is 92.9 Å². The molecule has 2 heterocycles. The minimum atomic E-state index is -2.61. The summed E-state index contributed by atoms with van der Waals surface area (Å²) in [5.41, 5.74) is -4.00.